The second-order valence-corrected chi connectivity index (χ2v) is 6.85. The van der Waals surface area contributed by atoms with Gasteiger partial charge in [0.1, 0.15) is 5.69 Å². The van der Waals surface area contributed by atoms with Crippen LogP contribution in [0.25, 0.3) is 10.6 Å². The lowest BCUT2D eigenvalue weighted by Crippen LogP contribution is -2.28. The van der Waals surface area contributed by atoms with Crippen molar-refractivity contribution in [1.82, 2.24) is 15.3 Å². The first-order valence-corrected chi connectivity index (χ1v) is 9.59. The van der Waals surface area contributed by atoms with Crippen molar-refractivity contribution in [3.05, 3.63) is 29.5 Å². The molecule has 2 N–H and O–H groups in total. The summed E-state index contributed by atoms with van der Waals surface area (Å²) < 4.78 is 5.34. The van der Waals surface area contributed by atoms with Crippen molar-refractivity contribution in [3.63, 3.8) is 0 Å². The monoisotopic (exact) mass is 349 g/mol. The van der Waals surface area contributed by atoms with Crippen LogP contribution in [0.5, 0.6) is 0 Å². The second kappa shape index (κ2) is 10.1. The van der Waals surface area contributed by atoms with E-state index in [1.807, 2.05) is 17.5 Å². The molecule has 1 atom stereocenters. The number of hydrogen-bond donors (Lipinski definition) is 2. The molecule has 0 aliphatic heterocycles. The molecule has 2 aromatic heterocycles. The van der Waals surface area contributed by atoms with Gasteiger partial charge in [-0.3, -0.25) is 0 Å². The molecule has 0 fully saturated rings. The number of thiophene rings is 1. The average molecular weight is 350 g/mol. The largest absolute Gasteiger partial charge is 0.449 e. The van der Waals surface area contributed by atoms with Gasteiger partial charge in [-0.2, -0.15) is 0 Å². The Bertz CT molecular complexity index is 595. The van der Waals surface area contributed by atoms with E-state index >= 15 is 0 Å². The van der Waals surface area contributed by atoms with Gasteiger partial charge in [0.15, 0.2) is 0 Å². The molecule has 2 heterocycles. The molecular weight excluding hydrogens is 322 g/mol. The lowest BCUT2D eigenvalue weighted by Gasteiger charge is -2.14. The van der Waals surface area contributed by atoms with Crippen LogP contribution in [0.2, 0.25) is 0 Å². The highest BCUT2D eigenvalue weighted by molar-refractivity contribution is 7.13. The smallest absolute Gasteiger partial charge is 0.407 e. The molecule has 5 nitrogen and oxygen atoms in total. The quantitative estimate of drug-likeness (QED) is 0.657. The summed E-state index contributed by atoms with van der Waals surface area (Å²) in [6.45, 7) is 5.37. The van der Waals surface area contributed by atoms with Gasteiger partial charge in [0.25, 0.3) is 0 Å². The van der Waals surface area contributed by atoms with Crippen LogP contribution < -0.4 is 5.32 Å². The average Bonchev–Trinajstić information content (AvgIpc) is 3.26. The fourth-order valence-electron chi connectivity index (χ4n) is 2.57. The number of carbonyl (C=O) groups excluding carboxylic acids is 1. The van der Waals surface area contributed by atoms with Gasteiger partial charge < -0.3 is 15.0 Å². The van der Waals surface area contributed by atoms with Gasteiger partial charge >= 0.3 is 6.09 Å². The van der Waals surface area contributed by atoms with Gasteiger partial charge in [0.05, 0.1) is 17.8 Å². The van der Waals surface area contributed by atoms with Crippen molar-refractivity contribution < 1.29 is 9.53 Å². The topological polar surface area (TPSA) is 67.0 Å². The van der Waals surface area contributed by atoms with E-state index in [1.54, 1.807) is 17.7 Å². The van der Waals surface area contributed by atoms with E-state index in [-0.39, 0.29) is 6.09 Å². The van der Waals surface area contributed by atoms with E-state index in [2.05, 4.69) is 29.1 Å². The summed E-state index contributed by atoms with van der Waals surface area (Å²) in [5, 5.41) is 4.86. The van der Waals surface area contributed by atoms with Gasteiger partial charge in [-0.1, -0.05) is 39.2 Å². The van der Waals surface area contributed by atoms with Gasteiger partial charge in [-0.05, 0) is 23.8 Å². The first-order chi connectivity index (χ1) is 11.7. The summed E-state index contributed by atoms with van der Waals surface area (Å²) in [7, 11) is 0. The van der Waals surface area contributed by atoms with Gasteiger partial charge in [-0.25, -0.2) is 9.78 Å². The molecule has 132 valence electrons. The molecule has 0 spiro atoms. The summed E-state index contributed by atoms with van der Waals surface area (Å²) in [6, 6.07) is 4.06. The second-order valence-electron chi connectivity index (χ2n) is 5.90. The number of alkyl carbamates (subject to hydrolysis) is 1. The van der Waals surface area contributed by atoms with Crippen LogP contribution in [-0.4, -0.2) is 29.2 Å². The van der Waals surface area contributed by atoms with Crippen molar-refractivity contribution in [3.8, 4) is 10.6 Å². The van der Waals surface area contributed by atoms with Crippen LogP contribution in [0.4, 0.5) is 4.79 Å². The number of hydrogen-bond acceptors (Lipinski definition) is 4. The number of rotatable bonds is 10. The van der Waals surface area contributed by atoms with Crippen molar-refractivity contribution >= 4 is 17.4 Å². The normalized spacial score (nSPS) is 12.1. The number of ether oxygens (including phenoxy) is 1. The molecule has 0 aromatic carbocycles. The molecular formula is C18H27N3O2S. The molecule has 6 heteroatoms. The van der Waals surface area contributed by atoms with Gasteiger partial charge in [-0.15, -0.1) is 11.3 Å². The maximum atomic E-state index is 11.8. The van der Waals surface area contributed by atoms with E-state index in [0.717, 1.165) is 29.1 Å². The number of aromatic amines is 1. The summed E-state index contributed by atoms with van der Waals surface area (Å²) in [6.07, 6.45) is 6.61. The molecule has 0 radical (unpaired) electrons. The summed E-state index contributed by atoms with van der Waals surface area (Å²) in [5.74, 6) is 0.466. The molecule has 2 rings (SSSR count). The van der Waals surface area contributed by atoms with Crippen LogP contribution >= 0.6 is 11.3 Å². The third-order valence-corrected chi connectivity index (χ3v) is 4.99. The highest BCUT2D eigenvalue weighted by Crippen LogP contribution is 2.25. The van der Waals surface area contributed by atoms with Gasteiger partial charge in [0, 0.05) is 18.7 Å². The predicted molar refractivity (Wildman–Crippen MR) is 98.3 cm³/mol. The highest BCUT2D eigenvalue weighted by atomic mass is 32.1. The first kappa shape index (κ1) is 18.5. The fraction of sp³-hybridized carbons (Fsp3) is 0.556. The molecule has 0 saturated carbocycles. The zero-order chi connectivity index (χ0) is 17.2. The summed E-state index contributed by atoms with van der Waals surface area (Å²) in [4.78, 5) is 20.5. The number of nitrogens with zero attached hydrogens (tertiary/aromatic N) is 1. The van der Waals surface area contributed by atoms with E-state index in [9.17, 15) is 4.79 Å². The van der Waals surface area contributed by atoms with E-state index in [4.69, 9.17) is 4.74 Å². The van der Waals surface area contributed by atoms with Gasteiger partial charge in [0.2, 0.25) is 0 Å². The predicted octanol–water partition coefficient (Wildman–Crippen LogP) is 4.62. The van der Waals surface area contributed by atoms with Crippen molar-refractivity contribution in [2.75, 3.05) is 13.2 Å². The minimum absolute atomic E-state index is 0.331. The number of imidazole rings is 1. The molecule has 0 aliphatic rings. The third kappa shape index (κ3) is 5.67. The molecule has 0 saturated heterocycles. The van der Waals surface area contributed by atoms with Crippen LogP contribution in [0, 0.1) is 5.92 Å². The van der Waals surface area contributed by atoms with E-state index < -0.39 is 0 Å². The summed E-state index contributed by atoms with van der Waals surface area (Å²) in [5.41, 5.74) is 2.00. The fourth-order valence-corrected chi connectivity index (χ4v) is 3.32. The molecule has 2 aromatic rings. The van der Waals surface area contributed by atoms with Crippen molar-refractivity contribution in [2.24, 2.45) is 5.92 Å². The Hall–Kier alpha value is -1.82. The minimum Gasteiger partial charge on any atom is -0.449 e. The van der Waals surface area contributed by atoms with Crippen LogP contribution in [0.3, 0.4) is 0 Å². The molecule has 1 unspecified atom stereocenters. The standard InChI is InChI=1S/C18H27N3O2S/c1-3-5-7-14(4-2)12-23-18(22)19-10-9-15-17(21-13-20-15)16-8-6-11-24-16/h6,8,11,13-14H,3-5,7,9-10,12H2,1-2H3,(H,19,22)(H,20,21). The lowest BCUT2D eigenvalue weighted by molar-refractivity contribution is 0.123. The third-order valence-electron chi connectivity index (χ3n) is 4.11. The number of H-pyrrole nitrogens is 1. The Labute approximate surface area is 147 Å². The van der Waals surface area contributed by atoms with Crippen molar-refractivity contribution in [2.45, 2.75) is 46.0 Å². The zero-order valence-electron chi connectivity index (χ0n) is 14.5. The SMILES string of the molecule is CCCCC(CC)COC(=O)NCCc1[nH]cnc1-c1cccs1. The van der Waals surface area contributed by atoms with Crippen LogP contribution in [-0.2, 0) is 11.2 Å². The lowest BCUT2D eigenvalue weighted by atomic mass is 10.0. The highest BCUT2D eigenvalue weighted by Gasteiger charge is 2.11. The van der Waals surface area contributed by atoms with Crippen molar-refractivity contribution in [1.29, 1.82) is 0 Å². The molecule has 24 heavy (non-hydrogen) atoms. The Morgan fingerprint density at radius 2 is 2.33 bits per heavy atom. The summed E-state index contributed by atoms with van der Waals surface area (Å²) >= 11 is 1.66. The Morgan fingerprint density at radius 1 is 1.46 bits per heavy atom. The van der Waals surface area contributed by atoms with Crippen LogP contribution in [0.15, 0.2) is 23.8 Å². The van der Waals surface area contributed by atoms with E-state index in [1.165, 1.54) is 12.8 Å². The maximum absolute atomic E-state index is 11.8. The Morgan fingerprint density at radius 3 is 3.04 bits per heavy atom. The molecule has 0 aliphatic carbocycles. The first-order valence-electron chi connectivity index (χ1n) is 8.71. The van der Waals surface area contributed by atoms with E-state index in [0.29, 0.717) is 25.5 Å². The molecule has 1 amide bonds. The Kier molecular flexibility index (Phi) is 7.82. The number of carbonyl (C=O) groups is 1. The molecule has 0 bridgehead atoms. The maximum Gasteiger partial charge on any atom is 0.407 e. The Balaban J connectivity index is 1.71. The number of nitrogens with one attached hydrogen (secondary N) is 2. The minimum atomic E-state index is -0.331. The number of unbranched alkanes of at least 4 members (excludes halogenated alkanes) is 1. The zero-order valence-corrected chi connectivity index (χ0v) is 15.3. The van der Waals surface area contributed by atoms with Crippen LogP contribution in [0.1, 0.15) is 45.2 Å². The number of aromatic nitrogens is 2. The number of amides is 1.